The third-order valence-corrected chi connectivity index (χ3v) is 2.91. The molecule has 122 valence electrons. The first kappa shape index (κ1) is 18.0. The molecule has 0 aliphatic heterocycles. The molecule has 0 fully saturated rings. The van der Waals surface area contributed by atoms with Crippen LogP contribution in [0.25, 0.3) is 0 Å². The maximum atomic E-state index is 11.8. The fourth-order valence-electron chi connectivity index (χ4n) is 1.92. The summed E-state index contributed by atoms with van der Waals surface area (Å²) in [5.74, 6) is -0.683. The Hall–Kier alpha value is -2.08. The van der Waals surface area contributed by atoms with Crippen molar-refractivity contribution in [1.29, 1.82) is 0 Å². The van der Waals surface area contributed by atoms with Gasteiger partial charge in [-0.05, 0) is 26.8 Å². The summed E-state index contributed by atoms with van der Waals surface area (Å²) in [6.45, 7) is 5.61. The van der Waals surface area contributed by atoms with Crippen LogP contribution in [0, 0.1) is 0 Å². The van der Waals surface area contributed by atoms with E-state index >= 15 is 0 Å². The number of ether oxygens (including phenoxy) is 2. The van der Waals surface area contributed by atoms with Crippen molar-refractivity contribution < 1.29 is 19.1 Å². The summed E-state index contributed by atoms with van der Waals surface area (Å²) in [5.41, 5.74) is 0.349. The summed E-state index contributed by atoms with van der Waals surface area (Å²) in [5, 5.41) is 5.18. The average molecular weight is 308 g/mol. The Balaban J connectivity index is 2.68. The molecular weight excluding hydrogens is 284 g/mol. The van der Waals surface area contributed by atoms with Gasteiger partial charge in [0.2, 0.25) is 0 Å². The van der Waals surface area contributed by atoms with E-state index in [4.69, 9.17) is 9.47 Å². The fraction of sp³-hybridized carbons (Fsp3) is 0.500. The number of carbonyl (C=O) groups excluding carboxylic acids is 2. The molecule has 1 unspecified atom stereocenters. The van der Waals surface area contributed by atoms with Crippen molar-refractivity contribution in [3.05, 3.63) is 29.8 Å². The lowest BCUT2D eigenvalue weighted by molar-refractivity contribution is -0.140. The molecule has 0 aromatic heterocycles. The number of carbonyl (C=O) groups is 2. The number of rotatable bonds is 5. The zero-order valence-electron chi connectivity index (χ0n) is 13.7. The van der Waals surface area contributed by atoms with E-state index in [1.165, 1.54) is 0 Å². The van der Waals surface area contributed by atoms with Crippen molar-refractivity contribution in [2.24, 2.45) is 0 Å². The molecule has 0 spiro atoms. The van der Waals surface area contributed by atoms with Crippen LogP contribution < -0.4 is 15.4 Å². The topological polar surface area (TPSA) is 76.7 Å². The van der Waals surface area contributed by atoms with E-state index in [1.807, 2.05) is 45.0 Å². The molecule has 1 atom stereocenters. The van der Waals surface area contributed by atoms with E-state index in [1.54, 1.807) is 14.2 Å². The number of para-hydroxylation sites is 1. The zero-order valence-corrected chi connectivity index (χ0v) is 13.7. The molecule has 0 heterocycles. The van der Waals surface area contributed by atoms with E-state index in [0.29, 0.717) is 5.75 Å². The first-order valence-electron chi connectivity index (χ1n) is 7.04. The highest BCUT2D eigenvalue weighted by molar-refractivity contribution is 6.35. The number of benzene rings is 1. The molecule has 0 saturated heterocycles. The molecule has 6 heteroatoms. The van der Waals surface area contributed by atoms with Gasteiger partial charge in [0, 0.05) is 24.8 Å². The van der Waals surface area contributed by atoms with Gasteiger partial charge >= 0.3 is 11.8 Å². The smallest absolute Gasteiger partial charge is 0.309 e. The number of hydrogen-bond donors (Lipinski definition) is 2. The highest BCUT2D eigenvalue weighted by atomic mass is 16.5. The van der Waals surface area contributed by atoms with Crippen LogP contribution >= 0.6 is 0 Å². The number of nitrogens with one attached hydrogen (secondary N) is 2. The summed E-state index contributed by atoms with van der Waals surface area (Å²) in [6, 6.07) is 7.38. The molecule has 0 aliphatic carbocycles. The maximum absolute atomic E-state index is 11.8. The lowest BCUT2D eigenvalue weighted by Crippen LogP contribution is -2.48. The second kappa shape index (κ2) is 7.79. The monoisotopic (exact) mass is 308 g/mol. The number of amides is 2. The molecular formula is C16H24N2O4. The van der Waals surface area contributed by atoms with Crippen LogP contribution in [-0.2, 0) is 14.3 Å². The van der Waals surface area contributed by atoms with Gasteiger partial charge in [0.25, 0.3) is 0 Å². The quantitative estimate of drug-likeness (QED) is 0.807. The fourth-order valence-corrected chi connectivity index (χ4v) is 1.92. The van der Waals surface area contributed by atoms with Gasteiger partial charge in [-0.3, -0.25) is 9.59 Å². The van der Waals surface area contributed by atoms with E-state index < -0.39 is 23.5 Å². The van der Waals surface area contributed by atoms with Crippen LogP contribution in [0.2, 0.25) is 0 Å². The Labute approximate surface area is 131 Å². The highest BCUT2D eigenvalue weighted by Gasteiger charge is 2.22. The first-order chi connectivity index (χ1) is 10.3. The Morgan fingerprint density at radius 2 is 1.77 bits per heavy atom. The van der Waals surface area contributed by atoms with Crippen molar-refractivity contribution in [1.82, 2.24) is 10.6 Å². The molecule has 0 radical (unpaired) electrons. The highest BCUT2D eigenvalue weighted by Crippen LogP contribution is 2.26. The summed E-state index contributed by atoms with van der Waals surface area (Å²) >= 11 is 0. The Morgan fingerprint density at radius 1 is 1.14 bits per heavy atom. The van der Waals surface area contributed by atoms with Crippen LogP contribution in [-0.4, -0.2) is 38.1 Å². The molecule has 2 N–H and O–H groups in total. The van der Waals surface area contributed by atoms with Gasteiger partial charge < -0.3 is 20.1 Å². The van der Waals surface area contributed by atoms with Gasteiger partial charge in [0.15, 0.2) is 0 Å². The molecule has 1 rings (SSSR count). The predicted octanol–water partition coefficient (Wildman–Crippen LogP) is 1.41. The molecule has 6 nitrogen and oxygen atoms in total. The zero-order chi connectivity index (χ0) is 16.8. The van der Waals surface area contributed by atoms with Gasteiger partial charge in [0.1, 0.15) is 11.9 Å². The second-order valence-corrected chi connectivity index (χ2v) is 5.88. The summed E-state index contributed by atoms with van der Waals surface area (Å²) in [4.78, 5) is 23.5. The van der Waals surface area contributed by atoms with Crippen molar-refractivity contribution in [3.63, 3.8) is 0 Å². The van der Waals surface area contributed by atoms with E-state index in [2.05, 4.69) is 10.6 Å². The van der Waals surface area contributed by atoms with Crippen LogP contribution in [0.4, 0.5) is 0 Å². The lowest BCUT2D eigenvalue weighted by Gasteiger charge is -2.21. The molecule has 0 aliphatic rings. The predicted molar refractivity (Wildman–Crippen MR) is 83.6 cm³/mol. The van der Waals surface area contributed by atoms with Crippen LogP contribution in [0.3, 0.4) is 0 Å². The second-order valence-electron chi connectivity index (χ2n) is 5.88. The summed E-state index contributed by atoms with van der Waals surface area (Å²) in [7, 11) is 3.11. The maximum Gasteiger partial charge on any atom is 0.309 e. The first-order valence-corrected chi connectivity index (χ1v) is 7.04. The Bertz CT molecular complexity index is 523. The van der Waals surface area contributed by atoms with Gasteiger partial charge in [0.05, 0.1) is 7.11 Å². The minimum Gasteiger partial charge on any atom is -0.496 e. The molecule has 0 bridgehead atoms. The average Bonchev–Trinajstić information content (AvgIpc) is 2.46. The molecule has 1 aromatic rings. The lowest BCUT2D eigenvalue weighted by atomic mass is 10.1. The van der Waals surface area contributed by atoms with Crippen LogP contribution in [0.5, 0.6) is 5.75 Å². The van der Waals surface area contributed by atoms with Gasteiger partial charge in [-0.15, -0.1) is 0 Å². The number of methoxy groups -OCH3 is 2. The van der Waals surface area contributed by atoms with Gasteiger partial charge in [-0.1, -0.05) is 18.2 Å². The SMILES string of the molecule is COc1ccccc1C(CNC(=O)C(=O)NC(C)(C)C)OC. The third-order valence-electron chi connectivity index (χ3n) is 2.91. The van der Waals surface area contributed by atoms with Crippen LogP contribution in [0.1, 0.15) is 32.4 Å². The molecule has 2 amide bonds. The van der Waals surface area contributed by atoms with E-state index in [-0.39, 0.29) is 6.54 Å². The van der Waals surface area contributed by atoms with Crippen molar-refractivity contribution in [3.8, 4) is 5.75 Å². The normalized spacial score (nSPS) is 12.4. The van der Waals surface area contributed by atoms with Crippen molar-refractivity contribution in [2.45, 2.75) is 32.4 Å². The standard InChI is InChI=1S/C16H24N2O4/c1-16(2,3)18-15(20)14(19)17-10-13(22-5)11-8-6-7-9-12(11)21-4/h6-9,13H,10H2,1-5H3,(H,17,19)(H,18,20). The molecule has 22 heavy (non-hydrogen) atoms. The van der Waals surface area contributed by atoms with E-state index in [9.17, 15) is 9.59 Å². The number of hydrogen-bond acceptors (Lipinski definition) is 4. The molecule has 0 saturated carbocycles. The van der Waals surface area contributed by atoms with Gasteiger partial charge in [-0.2, -0.15) is 0 Å². The minimum absolute atomic E-state index is 0.174. The largest absolute Gasteiger partial charge is 0.496 e. The van der Waals surface area contributed by atoms with Crippen LogP contribution in [0.15, 0.2) is 24.3 Å². The summed E-state index contributed by atoms with van der Waals surface area (Å²) < 4.78 is 10.7. The summed E-state index contributed by atoms with van der Waals surface area (Å²) in [6.07, 6.45) is -0.400. The van der Waals surface area contributed by atoms with Gasteiger partial charge in [-0.25, -0.2) is 0 Å². The third kappa shape index (κ3) is 5.37. The molecule has 1 aromatic carbocycles. The Morgan fingerprint density at radius 3 is 2.32 bits per heavy atom. The Kier molecular flexibility index (Phi) is 6.37. The van der Waals surface area contributed by atoms with Crippen molar-refractivity contribution >= 4 is 11.8 Å². The van der Waals surface area contributed by atoms with E-state index in [0.717, 1.165) is 5.56 Å². The van der Waals surface area contributed by atoms with Crippen molar-refractivity contribution in [2.75, 3.05) is 20.8 Å². The minimum atomic E-state index is -0.688.